The van der Waals surface area contributed by atoms with Gasteiger partial charge in [0.05, 0.1) is 20.3 Å². The van der Waals surface area contributed by atoms with Crippen LogP contribution in [0.25, 0.3) is 0 Å². The fourth-order valence-electron chi connectivity index (χ4n) is 4.60. The second-order valence-corrected chi connectivity index (χ2v) is 8.26. The molecule has 1 saturated heterocycles. The molecule has 6 nitrogen and oxygen atoms in total. The molecule has 6 heteroatoms. The molecule has 0 saturated carbocycles. The lowest BCUT2D eigenvalue weighted by Crippen LogP contribution is -2.39. The highest BCUT2D eigenvalue weighted by atomic mass is 16.5. The lowest BCUT2D eigenvalue weighted by molar-refractivity contribution is -0.140. The van der Waals surface area contributed by atoms with Gasteiger partial charge in [-0.15, -0.1) is 0 Å². The van der Waals surface area contributed by atoms with Crippen molar-refractivity contribution >= 4 is 11.6 Å². The second kappa shape index (κ2) is 8.66. The van der Waals surface area contributed by atoms with Crippen molar-refractivity contribution < 1.29 is 19.0 Å². The Labute approximate surface area is 178 Å². The summed E-state index contributed by atoms with van der Waals surface area (Å²) in [6.07, 6.45) is 0.306. The zero-order chi connectivity index (χ0) is 21.1. The fourth-order valence-corrected chi connectivity index (χ4v) is 4.60. The number of methoxy groups -OCH3 is 2. The first-order valence-electron chi connectivity index (χ1n) is 10.4. The minimum Gasteiger partial charge on any atom is -0.497 e. The van der Waals surface area contributed by atoms with Crippen molar-refractivity contribution in [3.8, 4) is 5.75 Å². The van der Waals surface area contributed by atoms with E-state index in [0.717, 1.165) is 18.8 Å². The van der Waals surface area contributed by atoms with Gasteiger partial charge in [-0.25, -0.2) is 0 Å². The Morgan fingerprint density at radius 2 is 1.97 bits per heavy atom. The molecule has 0 aliphatic carbocycles. The highest BCUT2D eigenvalue weighted by Gasteiger charge is 2.50. The lowest BCUT2D eigenvalue weighted by atomic mass is 9.80. The predicted molar refractivity (Wildman–Crippen MR) is 116 cm³/mol. The summed E-state index contributed by atoms with van der Waals surface area (Å²) in [5.74, 6) is 0.898. The van der Waals surface area contributed by atoms with Crippen LogP contribution in [-0.2, 0) is 26.2 Å². The highest BCUT2D eigenvalue weighted by molar-refractivity contribution is 5.81. The van der Waals surface area contributed by atoms with Gasteiger partial charge in [-0.3, -0.25) is 4.79 Å². The number of para-hydroxylation sites is 1. The third kappa shape index (κ3) is 3.89. The van der Waals surface area contributed by atoms with Gasteiger partial charge in [0.25, 0.3) is 5.91 Å². The summed E-state index contributed by atoms with van der Waals surface area (Å²) < 4.78 is 16.4. The number of nitrogens with zero attached hydrogens (tertiary/aromatic N) is 2. The van der Waals surface area contributed by atoms with Gasteiger partial charge in [0.1, 0.15) is 11.9 Å². The van der Waals surface area contributed by atoms with E-state index in [1.807, 2.05) is 19.2 Å². The van der Waals surface area contributed by atoms with Crippen molar-refractivity contribution in [2.45, 2.75) is 24.5 Å². The topological polar surface area (TPSA) is 51.2 Å². The van der Waals surface area contributed by atoms with Gasteiger partial charge in [-0.2, -0.15) is 0 Å². The van der Waals surface area contributed by atoms with Gasteiger partial charge in [-0.05, 0) is 35.7 Å². The van der Waals surface area contributed by atoms with Crippen molar-refractivity contribution in [3.63, 3.8) is 0 Å². The maximum Gasteiger partial charge on any atom is 0.251 e. The summed E-state index contributed by atoms with van der Waals surface area (Å²) >= 11 is 0. The van der Waals surface area contributed by atoms with Crippen molar-refractivity contribution in [2.75, 3.05) is 52.5 Å². The molecule has 1 amide bonds. The van der Waals surface area contributed by atoms with Crippen molar-refractivity contribution in [1.82, 2.24) is 4.90 Å². The summed E-state index contributed by atoms with van der Waals surface area (Å²) in [7, 11) is 5.14. The number of benzene rings is 2. The van der Waals surface area contributed by atoms with Gasteiger partial charge in [0.15, 0.2) is 0 Å². The molecule has 2 aliphatic heterocycles. The number of likely N-dealkylation sites (N-methyl/N-ethyl adjacent to an activating group) is 1. The van der Waals surface area contributed by atoms with E-state index in [0.29, 0.717) is 26.2 Å². The van der Waals surface area contributed by atoms with E-state index in [4.69, 9.17) is 14.2 Å². The maximum atomic E-state index is 12.9. The molecule has 2 unspecified atom stereocenters. The molecule has 2 atom stereocenters. The molecule has 2 aliphatic rings. The third-order valence-electron chi connectivity index (χ3n) is 6.26. The van der Waals surface area contributed by atoms with Crippen molar-refractivity contribution in [1.29, 1.82) is 0 Å². The number of rotatable bonds is 7. The molecule has 1 spiro atoms. The van der Waals surface area contributed by atoms with E-state index >= 15 is 0 Å². The van der Waals surface area contributed by atoms with Gasteiger partial charge in [0, 0.05) is 44.9 Å². The normalized spacial score (nSPS) is 22.4. The summed E-state index contributed by atoms with van der Waals surface area (Å²) in [5, 5.41) is 0. The van der Waals surface area contributed by atoms with Crippen LogP contribution in [0.15, 0.2) is 48.5 Å². The molecule has 0 bridgehead atoms. The van der Waals surface area contributed by atoms with E-state index in [1.165, 1.54) is 16.8 Å². The Balaban J connectivity index is 1.51. The van der Waals surface area contributed by atoms with Crippen molar-refractivity contribution in [2.24, 2.45) is 0 Å². The SMILES string of the molecule is COCCN(C)C(=O)C1CC2(CO1)CN(Cc1ccc(OC)cc1)c1ccccc12. The summed E-state index contributed by atoms with van der Waals surface area (Å²) in [6.45, 7) is 3.33. The van der Waals surface area contributed by atoms with E-state index in [2.05, 4.69) is 41.3 Å². The standard InChI is InChI=1S/C24H30N2O4/c1-25(12-13-28-2)23(27)22-14-24(17-30-22)16-26(21-7-5-4-6-20(21)24)15-18-8-10-19(29-3)11-9-18/h4-11,22H,12-17H2,1-3H3. The minimum atomic E-state index is -0.402. The zero-order valence-corrected chi connectivity index (χ0v) is 18.0. The Kier molecular flexibility index (Phi) is 5.97. The molecular formula is C24H30N2O4. The van der Waals surface area contributed by atoms with Crippen LogP contribution >= 0.6 is 0 Å². The highest BCUT2D eigenvalue weighted by Crippen LogP contribution is 2.47. The first-order valence-corrected chi connectivity index (χ1v) is 10.4. The van der Waals surface area contributed by atoms with Crippen molar-refractivity contribution in [3.05, 3.63) is 59.7 Å². The first kappa shape index (κ1) is 20.7. The first-order chi connectivity index (χ1) is 14.6. The van der Waals surface area contributed by atoms with Crippen LogP contribution < -0.4 is 9.64 Å². The average Bonchev–Trinajstić information content (AvgIpc) is 3.34. The van der Waals surface area contributed by atoms with Gasteiger partial charge in [0.2, 0.25) is 0 Å². The molecule has 160 valence electrons. The Bertz CT molecular complexity index is 885. The summed E-state index contributed by atoms with van der Waals surface area (Å²) in [6, 6.07) is 16.7. The Morgan fingerprint density at radius 3 is 2.70 bits per heavy atom. The third-order valence-corrected chi connectivity index (χ3v) is 6.26. The smallest absolute Gasteiger partial charge is 0.251 e. The number of hydrogen-bond donors (Lipinski definition) is 0. The Hall–Kier alpha value is -2.57. The van der Waals surface area contributed by atoms with Crippen LogP contribution in [0.2, 0.25) is 0 Å². The Morgan fingerprint density at radius 1 is 1.20 bits per heavy atom. The molecule has 2 aromatic carbocycles. The number of carbonyl (C=O) groups is 1. The molecule has 0 aromatic heterocycles. The molecule has 0 N–H and O–H groups in total. The van der Waals surface area contributed by atoms with Crippen LogP contribution in [0, 0.1) is 0 Å². The quantitative estimate of drug-likeness (QED) is 0.703. The zero-order valence-electron chi connectivity index (χ0n) is 18.0. The maximum absolute atomic E-state index is 12.9. The molecule has 0 radical (unpaired) electrons. The number of ether oxygens (including phenoxy) is 3. The monoisotopic (exact) mass is 410 g/mol. The van der Waals surface area contributed by atoms with E-state index in [9.17, 15) is 4.79 Å². The average molecular weight is 411 g/mol. The molecule has 4 rings (SSSR count). The molecule has 2 heterocycles. The largest absolute Gasteiger partial charge is 0.497 e. The number of fused-ring (bicyclic) bond motifs is 2. The predicted octanol–water partition coefficient (Wildman–Crippen LogP) is 2.85. The molecule has 1 fully saturated rings. The van der Waals surface area contributed by atoms with Crippen LogP contribution in [0.3, 0.4) is 0 Å². The van der Waals surface area contributed by atoms with Crippen LogP contribution in [-0.4, -0.2) is 64.5 Å². The van der Waals surface area contributed by atoms with Gasteiger partial charge in [-0.1, -0.05) is 30.3 Å². The van der Waals surface area contributed by atoms with E-state index in [1.54, 1.807) is 19.1 Å². The number of anilines is 1. The molecule has 2 aromatic rings. The van der Waals surface area contributed by atoms with Gasteiger partial charge >= 0.3 is 0 Å². The van der Waals surface area contributed by atoms with Crippen LogP contribution in [0.4, 0.5) is 5.69 Å². The van der Waals surface area contributed by atoms with E-state index < -0.39 is 6.10 Å². The minimum absolute atomic E-state index is 0.0370. The summed E-state index contributed by atoms with van der Waals surface area (Å²) in [4.78, 5) is 17.0. The van der Waals surface area contributed by atoms with E-state index in [-0.39, 0.29) is 11.3 Å². The lowest BCUT2D eigenvalue weighted by Gasteiger charge is -2.25. The molecule has 30 heavy (non-hydrogen) atoms. The summed E-state index contributed by atoms with van der Waals surface area (Å²) in [5.41, 5.74) is 3.60. The molecular weight excluding hydrogens is 380 g/mol. The number of hydrogen-bond acceptors (Lipinski definition) is 5. The number of amides is 1. The number of carbonyl (C=O) groups excluding carboxylic acids is 1. The fraction of sp³-hybridized carbons (Fsp3) is 0.458. The second-order valence-electron chi connectivity index (χ2n) is 8.26. The van der Waals surface area contributed by atoms with Crippen LogP contribution in [0.1, 0.15) is 17.5 Å². The van der Waals surface area contributed by atoms with Crippen LogP contribution in [0.5, 0.6) is 5.75 Å². The van der Waals surface area contributed by atoms with Gasteiger partial charge < -0.3 is 24.0 Å².